The molecule has 3 heteroatoms. The van der Waals surface area contributed by atoms with Crippen molar-refractivity contribution >= 4 is 5.78 Å². The van der Waals surface area contributed by atoms with Crippen molar-refractivity contribution in [1.82, 2.24) is 0 Å². The third-order valence-corrected chi connectivity index (χ3v) is 8.35. The Balaban J connectivity index is 1.82. The number of fused-ring (bicyclic) bond motifs is 3. The second-order valence-electron chi connectivity index (χ2n) is 9.93. The summed E-state index contributed by atoms with van der Waals surface area (Å²) in [4.78, 5) is 12.6. The summed E-state index contributed by atoms with van der Waals surface area (Å²) in [6, 6.07) is 0. The first-order chi connectivity index (χ1) is 10.6. The van der Waals surface area contributed by atoms with Gasteiger partial charge < -0.3 is 10.2 Å². The lowest BCUT2D eigenvalue weighted by atomic mass is 9.40. The Bertz CT molecular complexity index is 594. The van der Waals surface area contributed by atoms with Crippen LogP contribution < -0.4 is 0 Å². The van der Waals surface area contributed by atoms with Gasteiger partial charge in [0.1, 0.15) is 6.10 Å². The number of hydrogen-bond acceptors (Lipinski definition) is 3. The summed E-state index contributed by atoms with van der Waals surface area (Å²) >= 11 is 0. The largest absolute Gasteiger partial charge is 0.386 e. The van der Waals surface area contributed by atoms with Crippen molar-refractivity contribution in [3.05, 3.63) is 12.2 Å². The maximum atomic E-state index is 12.6. The fourth-order valence-electron chi connectivity index (χ4n) is 7.50. The molecule has 23 heavy (non-hydrogen) atoms. The number of aliphatic hydroxyl groups is 2. The highest BCUT2D eigenvalue weighted by atomic mass is 16.3. The van der Waals surface area contributed by atoms with E-state index in [-0.39, 0.29) is 22.0 Å². The summed E-state index contributed by atoms with van der Waals surface area (Å²) in [5.74, 6) is 0.702. The van der Waals surface area contributed by atoms with Gasteiger partial charge in [0.15, 0.2) is 5.78 Å². The smallest absolute Gasteiger partial charge is 0.162 e. The maximum Gasteiger partial charge on any atom is 0.162 e. The van der Waals surface area contributed by atoms with Crippen LogP contribution in [0.4, 0.5) is 0 Å². The van der Waals surface area contributed by atoms with Gasteiger partial charge in [-0.2, -0.15) is 0 Å². The summed E-state index contributed by atoms with van der Waals surface area (Å²) in [6.45, 7) is 10.7. The molecule has 0 aromatic heterocycles. The predicted molar refractivity (Wildman–Crippen MR) is 88.7 cm³/mol. The molecule has 0 radical (unpaired) electrons. The van der Waals surface area contributed by atoms with Gasteiger partial charge in [-0.3, -0.25) is 4.79 Å². The van der Waals surface area contributed by atoms with Gasteiger partial charge in [0.2, 0.25) is 0 Å². The molecule has 2 bridgehead atoms. The monoisotopic (exact) mass is 318 g/mol. The molecular weight excluding hydrogens is 288 g/mol. The molecule has 0 aliphatic heterocycles. The molecule has 0 aromatic carbocycles. The maximum absolute atomic E-state index is 12.6. The van der Waals surface area contributed by atoms with E-state index in [9.17, 15) is 15.0 Å². The second kappa shape index (κ2) is 4.29. The van der Waals surface area contributed by atoms with Gasteiger partial charge >= 0.3 is 0 Å². The first-order valence-corrected chi connectivity index (χ1v) is 9.17. The van der Waals surface area contributed by atoms with E-state index in [1.54, 1.807) is 0 Å². The highest BCUT2D eigenvalue weighted by molar-refractivity contribution is 5.85. The molecule has 0 heterocycles. The standard InChI is InChI=1S/C20H30O3/c1-12-9-19-7-5-14-17(2,3)10-13(21)16(22)18(14,4)15(19)6-8-20(12,23)11-19/h14-16,22-23H,1,5-11H2,2-4H3/t14-,15+,16+,18-,19+,20-/m1/s1. The Morgan fingerprint density at radius 1 is 1.09 bits per heavy atom. The van der Waals surface area contributed by atoms with Gasteiger partial charge in [-0.25, -0.2) is 0 Å². The van der Waals surface area contributed by atoms with Crippen molar-refractivity contribution in [2.45, 2.75) is 77.4 Å². The van der Waals surface area contributed by atoms with Crippen LogP contribution in [0, 0.1) is 28.1 Å². The molecule has 4 rings (SSSR count). The first-order valence-electron chi connectivity index (χ1n) is 9.17. The lowest BCUT2D eigenvalue weighted by Gasteiger charge is -2.64. The van der Waals surface area contributed by atoms with Crippen molar-refractivity contribution < 1.29 is 15.0 Å². The molecule has 128 valence electrons. The van der Waals surface area contributed by atoms with Crippen LogP contribution in [-0.2, 0) is 4.79 Å². The minimum Gasteiger partial charge on any atom is -0.386 e. The van der Waals surface area contributed by atoms with E-state index in [2.05, 4.69) is 27.4 Å². The summed E-state index contributed by atoms with van der Waals surface area (Å²) in [6.07, 6.45) is 5.10. The topological polar surface area (TPSA) is 57.5 Å². The summed E-state index contributed by atoms with van der Waals surface area (Å²) in [5, 5.41) is 21.8. The zero-order valence-electron chi connectivity index (χ0n) is 14.7. The third kappa shape index (κ3) is 1.76. The molecule has 1 spiro atoms. The second-order valence-corrected chi connectivity index (χ2v) is 9.93. The minimum atomic E-state index is -0.845. The average Bonchev–Trinajstić information content (AvgIpc) is 2.61. The molecule has 0 amide bonds. The molecule has 4 fully saturated rings. The Morgan fingerprint density at radius 2 is 1.74 bits per heavy atom. The lowest BCUT2D eigenvalue weighted by molar-refractivity contribution is -0.205. The van der Waals surface area contributed by atoms with Crippen LogP contribution in [-0.4, -0.2) is 27.7 Å². The van der Waals surface area contributed by atoms with Crippen molar-refractivity contribution in [2.75, 3.05) is 0 Å². The van der Waals surface area contributed by atoms with Gasteiger partial charge in [0, 0.05) is 11.8 Å². The van der Waals surface area contributed by atoms with Crippen LogP contribution in [0.1, 0.15) is 65.7 Å². The highest BCUT2D eigenvalue weighted by Crippen LogP contribution is 2.72. The van der Waals surface area contributed by atoms with Crippen LogP contribution in [0.3, 0.4) is 0 Å². The van der Waals surface area contributed by atoms with Crippen molar-refractivity contribution in [2.24, 2.45) is 28.1 Å². The molecule has 4 aliphatic rings. The van der Waals surface area contributed by atoms with E-state index in [0.717, 1.165) is 44.1 Å². The number of aliphatic hydroxyl groups excluding tert-OH is 1. The Labute approximate surface area is 139 Å². The van der Waals surface area contributed by atoms with E-state index in [0.29, 0.717) is 18.3 Å². The number of ketones is 1. The number of hydrogen-bond donors (Lipinski definition) is 2. The minimum absolute atomic E-state index is 0.0171. The summed E-state index contributed by atoms with van der Waals surface area (Å²) in [5.41, 5.74) is -0.0694. The van der Waals surface area contributed by atoms with E-state index in [1.807, 2.05) is 0 Å². The van der Waals surface area contributed by atoms with E-state index in [4.69, 9.17) is 0 Å². The van der Waals surface area contributed by atoms with E-state index >= 15 is 0 Å². The predicted octanol–water partition coefficient (Wildman–Crippen LogP) is 3.24. The molecule has 0 saturated heterocycles. The SMILES string of the molecule is C=C1C[C@]23CC[C@@H]4C(C)(C)CC(=O)[C@H](O)[C@@]4(C)[C@@H]2CC[C@@]1(O)C3. The molecule has 6 atom stereocenters. The van der Waals surface area contributed by atoms with Crippen molar-refractivity contribution in [3.63, 3.8) is 0 Å². The van der Waals surface area contributed by atoms with Crippen LogP contribution in [0.5, 0.6) is 0 Å². The van der Waals surface area contributed by atoms with Crippen LogP contribution >= 0.6 is 0 Å². The molecular formula is C20H30O3. The van der Waals surface area contributed by atoms with Gasteiger partial charge in [-0.15, -0.1) is 0 Å². The normalized spacial score (nSPS) is 54.6. The van der Waals surface area contributed by atoms with Crippen LogP contribution in [0.15, 0.2) is 12.2 Å². The Kier molecular flexibility index (Phi) is 2.95. The van der Waals surface area contributed by atoms with Crippen molar-refractivity contribution in [3.8, 4) is 0 Å². The summed E-state index contributed by atoms with van der Waals surface area (Å²) in [7, 11) is 0. The van der Waals surface area contributed by atoms with Gasteiger partial charge in [-0.05, 0) is 66.8 Å². The number of rotatable bonds is 0. The lowest BCUT2D eigenvalue weighted by Crippen LogP contribution is -2.64. The molecule has 0 unspecified atom stereocenters. The van der Waals surface area contributed by atoms with Gasteiger partial charge in [-0.1, -0.05) is 27.4 Å². The number of carbonyl (C=O) groups is 1. The zero-order valence-corrected chi connectivity index (χ0v) is 14.7. The molecule has 4 saturated carbocycles. The number of carbonyl (C=O) groups excluding carboxylic acids is 1. The first kappa shape index (κ1) is 15.8. The molecule has 0 aromatic rings. The van der Waals surface area contributed by atoms with Gasteiger partial charge in [0.25, 0.3) is 0 Å². The third-order valence-electron chi connectivity index (χ3n) is 8.35. The Hall–Kier alpha value is -0.670. The van der Waals surface area contributed by atoms with Crippen LogP contribution in [0.25, 0.3) is 0 Å². The molecule has 4 aliphatic carbocycles. The summed E-state index contributed by atoms with van der Waals surface area (Å²) < 4.78 is 0. The number of Topliss-reactive ketones (excluding diaryl/α,β-unsaturated/α-hetero) is 1. The fourth-order valence-corrected chi connectivity index (χ4v) is 7.50. The quantitative estimate of drug-likeness (QED) is 0.674. The van der Waals surface area contributed by atoms with Crippen molar-refractivity contribution in [1.29, 1.82) is 0 Å². The Morgan fingerprint density at radius 3 is 2.43 bits per heavy atom. The molecule has 3 nitrogen and oxygen atoms in total. The van der Waals surface area contributed by atoms with E-state index < -0.39 is 11.7 Å². The average molecular weight is 318 g/mol. The van der Waals surface area contributed by atoms with Crippen LogP contribution in [0.2, 0.25) is 0 Å². The zero-order chi connectivity index (χ0) is 16.8. The highest BCUT2D eigenvalue weighted by Gasteiger charge is 2.69. The molecule has 2 N–H and O–H groups in total. The van der Waals surface area contributed by atoms with E-state index in [1.165, 1.54) is 0 Å². The fraction of sp³-hybridized carbons (Fsp3) is 0.850. The van der Waals surface area contributed by atoms with Gasteiger partial charge in [0.05, 0.1) is 5.60 Å².